The van der Waals surface area contributed by atoms with Crippen molar-refractivity contribution < 1.29 is 9.47 Å². The molecule has 6 aromatic rings. The summed E-state index contributed by atoms with van der Waals surface area (Å²) in [6.07, 6.45) is 2.12. The minimum atomic E-state index is 0. The Balaban J connectivity index is 0.000000192. The Morgan fingerprint density at radius 2 is 0.953 bits per heavy atom. The van der Waals surface area contributed by atoms with Crippen molar-refractivity contribution in [3.63, 3.8) is 0 Å². The molecule has 43 heavy (non-hydrogen) atoms. The first kappa shape index (κ1) is 32.5. The Bertz CT molecular complexity index is 1510. The van der Waals surface area contributed by atoms with Gasteiger partial charge in [0.05, 0.1) is 0 Å². The third-order valence-electron chi connectivity index (χ3n) is 7.07. The van der Waals surface area contributed by atoms with E-state index in [0.29, 0.717) is 0 Å². The number of hydrogen-bond donors (Lipinski definition) is 2. The van der Waals surface area contributed by atoms with E-state index in [1.54, 1.807) is 22.7 Å². The zero-order valence-corrected chi connectivity index (χ0v) is 27.0. The maximum Gasteiger partial charge on any atom is 0.134 e. The molecule has 6 rings (SSSR count). The quantitative estimate of drug-likeness (QED) is 0.141. The van der Waals surface area contributed by atoms with Gasteiger partial charge in [0.2, 0.25) is 0 Å². The molecule has 0 amide bonds. The summed E-state index contributed by atoms with van der Waals surface area (Å²) in [6, 6.07) is 37.6. The van der Waals surface area contributed by atoms with Crippen LogP contribution in [0.25, 0.3) is 21.5 Å². The molecule has 0 aliphatic heterocycles. The maximum absolute atomic E-state index is 6.34. The molecule has 0 saturated carbocycles. The molecule has 4 nitrogen and oxygen atoms in total. The van der Waals surface area contributed by atoms with Crippen molar-refractivity contribution >= 4 is 56.6 Å². The lowest BCUT2D eigenvalue weighted by molar-refractivity contribution is 0.201. The van der Waals surface area contributed by atoms with Crippen LogP contribution in [-0.2, 0) is 0 Å². The summed E-state index contributed by atoms with van der Waals surface area (Å²) >= 11 is 3.51. The number of ether oxygens (including phenoxy) is 2. The van der Waals surface area contributed by atoms with E-state index >= 15 is 0 Å². The van der Waals surface area contributed by atoms with Gasteiger partial charge >= 0.3 is 0 Å². The number of benzene rings is 4. The molecule has 224 valence electrons. The third kappa shape index (κ3) is 8.82. The second kappa shape index (κ2) is 17.0. The van der Waals surface area contributed by atoms with Crippen LogP contribution >= 0.6 is 35.1 Å². The van der Waals surface area contributed by atoms with Crippen molar-refractivity contribution in [3.05, 3.63) is 130 Å². The van der Waals surface area contributed by atoms with Gasteiger partial charge in [0, 0.05) is 33.4 Å². The third-order valence-corrected chi connectivity index (χ3v) is 9.00. The van der Waals surface area contributed by atoms with E-state index < -0.39 is 0 Å². The fraction of sp³-hybridized carbons (Fsp3) is 0.222. The molecule has 0 saturated heterocycles. The minimum Gasteiger partial charge on any atom is -0.484 e. The highest BCUT2D eigenvalue weighted by Gasteiger charge is 2.16. The van der Waals surface area contributed by atoms with Crippen LogP contribution in [0.15, 0.2) is 120 Å². The van der Waals surface area contributed by atoms with Crippen LogP contribution in [0.1, 0.15) is 34.8 Å². The van der Waals surface area contributed by atoms with E-state index in [9.17, 15) is 0 Å². The lowest BCUT2D eigenvalue weighted by atomic mass is 10.1. The van der Waals surface area contributed by atoms with Gasteiger partial charge in [-0.15, -0.1) is 35.1 Å². The minimum absolute atomic E-state index is 0. The first-order valence-electron chi connectivity index (χ1n) is 14.4. The molecule has 0 aliphatic carbocycles. The number of thiophene rings is 2. The monoisotopic (exact) mass is 630 g/mol. The molecule has 2 aromatic heterocycles. The Labute approximate surface area is 269 Å². The summed E-state index contributed by atoms with van der Waals surface area (Å²) in [5.41, 5.74) is 0. The van der Waals surface area contributed by atoms with Gasteiger partial charge in [0.15, 0.2) is 0 Å². The van der Waals surface area contributed by atoms with E-state index in [-0.39, 0.29) is 24.6 Å². The standard InChI is InChI=1S/2C18H19NOS.ClH/c2*1-19-12-11-17(18-10-5-13-21-18)20-16-9-4-7-14-6-2-3-8-15(14)16;/h2*2-10,13,17,19H,11-12H2,1H3;1H/t2*17-;/m00./s1. The Morgan fingerprint density at radius 1 is 0.535 bits per heavy atom. The molecule has 0 spiro atoms. The zero-order chi connectivity index (χ0) is 29.0. The first-order chi connectivity index (χ1) is 20.8. The van der Waals surface area contributed by atoms with E-state index in [0.717, 1.165) is 37.4 Å². The molecule has 2 heterocycles. The van der Waals surface area contributed by atoms with E-state index in [4.69, 9.17) is 9.47 Å². The van der Waals surface area contributed by atoms with Crippen molar-refractivity contribution in [3.8, 4) is 11.5 Å². The lowest BCUT2D eigenvalue weighted by Gasteiger charge is -2.19. The number of nitrogens with one attached hydrogen (secondary N) is 2. The molecule has 0 radical (unpaired) electrons. The van der Waals surface area contributed by atoms with Crippen molar-refractivity contribution in [1.82, 2.24) is 10.6 Å². The smallest absolute Gasteiger partial charge is 0.134 e. The number of rotatable bonds is 12. The fourth-order valence-corrected chi connectivity index (χ4v) is 6.50. The first-order valence-corrected chi connectivity index (χ1v) is 16.2. The van der Waals surface area contributed by atoms with E-state index in [2.05, 4.69) is 131 Å². The number of hydrogen-bond acceptors (Lipinski definition) is 6. The normalized spacial score (nSPS) is 12.1. The van der Waals surface area contributed by atoms with E-state index in [1.807, 2.05) is 14.1 Å². The van der Waals surface area contributed by atoms with Crippen LogP contribution in [-0.4, -0.2) is 27.2 Å². The van der Waals surface area contributed by atoms with Crippen LogP contribution in [0.2, 0.25) is 0 Å². The van der Waals surface area contributed by atoms with E-state index in [1.165, 1.54) is 31.3 Å². The predicted octanol–water partition coefficient (Wildman–Crippen LogP) is 9.68. The molecule has 4 aromatic carbocycles. The van der Waals surface area contributed by atoms with Gasteiger partial charge in [-0.1, -0.05) is 84.9 Å². The topological polar surface area (TPSA) is 42.5 Å². The van der Waals surface area contributed by atoms with Gasteiger partial charge in [-0.25, -0.2) is 0 Å². The highest BCUT2D eigenvalue weighted by atomic mass is 35.5. The average molecular weight is 631 g/mol. The van der Waals surface area contributed by atoms with Crippen molar-refractivity contribution in [2.24, 2.45) is 0 Å². The van der Waals surface area contributed by atoms with Crippen molar-refractivity contribution in [2.45, 2.75) is 25.0 Å². The molecule has 2 atom stereocenters. The molecule has 2 N–H and O–H groups in total. The molecule has 0 unspecified atom stereocenters. The van der Waals surface area contributed by atoms with Gasteiger partial charge < -0.3 is 20.1 Å². The van der Waals surface area contributed by atoms with Gasteiger partial charge in [0.25, 0.3) is 0 Å². The van der Waals surface area contributed by atoms with Gasteiger partial charge in [0.1, 0.15) is 23.7 Å². The number of halogens is 1. The highest BCUT2D eigenvalue weighted by molar-refractivity contribution is 7.10. The second-order valence-corrected chi connectivity index (χ2v) is 11.9. The molecule has 0 aliphatic rings. The van der Waals surface area contributed by atoms with Gasteiger partial charge in [-0.3, -0.25) is 0 Å². The van der Waals surface area contributed by atoms with Crippen LogP contribution in [0.3, 0.4) is 0 Å². The molecule has 0 fully saturated rings. The van der Waals surface area contributed by atoms with Crippen LogP contribution in [0, 0.1) is 0 Å². The largest absolute Gasteiger partial charge is 0.484 e. The summed E-state index contributed by atoms with van der Waals surface area (Å²) in [5, 5.41) is 15.4. The Morgan fingerprint density at radius 3 is 1.35 bits per heavy atom. The number of fused-ring (bicyclic) bond motifs is 2. The summed E-state index contributed by atoms with van der Waals surface area (Å²) in [7, 11) is 3.95. The van der Waals surface area contributed by atoms with Crippen molar-refractivity contribution in [1.29, 1.82) is 0 Å². The fourth-order valence-electron chi connectivity index (χ4n) is 4.92. The molecular formula is C36H39ClN2O2S2. The second-order valence-electron chi connectivity index (χ2n) is 9.98. The summed E-state index contributed by atoms with van der Waals surface area (Å²) < 4.78 is 12.7. The Hall–Kier alpha value is -3.39. The van der Waals surface area contributed by atoms with Gasteiger partial charge in [-0.05, 0) is 73.0 Å². The molecule has 0 bridgehead atoms. The Kier molecular flexibility index (Phi) is 12.9. The summed E-state index contributed by atoms with van der Waals surface area (Å²) in [4.78, 5) is 2.55. The van der Waals surface area contributed by atoms with Crippen LogP contribution in [0.5, 0.6) is 11.5 Å². The zero-order valence-electron chi connectivity index (χ0n) is 24.6. The lowest BCUT2D eigenvalue weighted by Crippen LogP contribution is -2.15. The summed E-state index contributed by atoms with van der Waals surface area (Å²) in [6.45, 7) is 1.88. The maximum atomic E-state index is 6.34. The van der Waals surface area contributed by atoms with Crippen LogP contribution < -0.4 is 20.1 Å². The SMILES string of the molecule is CNCC[C@H](Oc1cccc2ccccc12)c1cccs1.CNCC[C@H](Oc1cccc2ccccc12)c1cccs1.Cl. The van der Waals surface area contributed by atoms with Crippen molar-refractivity contribution in [2.75, 3.05) is 27.2 Å². The predicted molar refractivity (Wildman–Crippen MR) is 188 cm³/mol. The highest BCUT2D eigenvalue weighted by Crippen LogP contribution is 2.34. The average Bonchev–Trinajstić information content (AvgIpc) is 3.78. The summed E-state index contributed by atoms with van der Waals surface area (Å²) in [5.74, 6) is 1.92. The van der Waals surface area contributed by atoms with Crippen LogP contribution in [0.4, 0.5) is 0 Å². The van der Waals surface area contributed by atoms with Gasteiger partial charge in [-0.2, -0.15) is 0 Å². The molecular weight excluding hydrogens is 592 g/mol. The molecule has 7 heteroatoms.